The van der Waals surface area contributed by atoms with E-state index in [0.29, 0.717) is 12.2 Å². The molecule has 0 unspecified atom stereocenters. The molecule has 0 fully saturated rings. The fourth-order valence-corrected chi connectivity index (χ4v) is 2.57. The van der Waals surface area contributed by atoms with Crippen molar-refractivity contribution >= 4 is 5.78 Å². The molecule has 0 saturated carbocycles. The Hall–Kier alpha value is -0.590. The number of rotatable bonds is 16. The molecule has 0 N–H and O–H groups in total. The molecule has 0 heterocycles. The van der Waals surface area contributed by atoms with Crippen molar-refractivity contribution in [2.75, 3.05) is 0 Å². The van der Waals surface area contributed by atoms with Gasteiger partial charge in [-0.2, -0.15) is 0 Å². The second-order valence-electron chi connectivity index (χ2n) is 6.23. The summed E-state index contributed by atoms with van der Waals surface area (Å²) in [6, 6.07) is 0. The summed E-state index contributed by atoms with van der Waals surface area (Å²) in [7, 11) is 0. The number of Topliss-reactive ketones (excluding diaryl/α,β-unsaturated/α-hetero) is 1. The van der Waals surface area contributed by atoms with Crippen molar-refractivity contribution in [2.45, 2.75) is 110 Å². The van der Waals surface area contributed by atoms with E-state index in [4.69, 9.17) is 0 Å². The fraction of sp³-hybridized carbons (Fsp3) is 0.850. The molecule has 0 aliphatic carbocycles. The van der Waals surface area contributed by atoms with Gasteiger partial charge in [0.15, 0.2) is 0 Å². The third kappa shape index (κ3) is 17.4. The van der Waals surface area contributed by atoms with Crippen LogP contribution in [0.4, 0.5) is 0 Å². The molecule has 0 aromatic rings. The van der Waals surface area contributed by atoms with Gasteiger partial charge in [0.05, 0.1) is 0 Å². The van der Waals surface area contributed by atoms with E-state index in [9.17, 15) is 4.79 Å². The molecule has 0 spiro atoms. The minimum Gasteiger partial charge on any atom is -0.300 e. The van der Waals surface area contributed by atoms with Gasteiger partial charge >= 0.3 is 0 Å². The Labute approximate surface area is 133 Å². The number of hydrogen-bond donors (Lipinski definition) is 0. The van der Waals surface area contributed by atoms with Crippen LogP contribution in [-0.4, -0.2) is 5.78 Å². The molecule has 0 rings (SSSR count). The van der Waals surface area contributed by atoms with E-state index in [1.165, 1.54) is 70.6 Å². The highest BCUT2D eigenvalue weighted by Crippen LogP contribution is 2.11. The molecule has 1 heteroatoms. The van der Waals surface area contributed by atoms with Crippen molar-refractivity contribution in [1.29, 1.82) is 0 Å². The van der Waals surface area contributed by atoms with Crippen LogP contribution in [0.1, 0.15) is 110 Å². The highest BCUT2D eigenvalue weighted by atomic mass is 16.1. The average molecular weight is 295 g/mol. The van der Waals surface area contributed by atoms with Crippen molar-refractivity contribution in [3.8, 4) is 0 Å². The van der Waals surface area contributed by atoms with Gasteiger partial charge in [0.25, 0.3) is 0 Å². The third-order valence-electron chi connectivity index (χ3n) is 4.11. The largest absolute Gasteiger partial charge is 0.300 e. The zero-order valence-electron chi connectivity index (χ0n) is 14.7. The van der Waals surface area contributed by atoms with E-state index in [2.05, 4.69) is 19.1 Å². The van der Waals surface area contributed by atoms with Crippen LogP contribution in [-0.2, 0) is 4.79 Å². The Balaban J connectivity index is 3.10. The number of hydrogen-bond acceptors (Lipinski definition) is 1. The topological polar surface area (TPSA) is 17.1 Å². The minimum atomic E-state index is 0.411. The van der Waals surface area contributed by atoms with Crippen molar-refractivity contribution in [2.24, 2.45) is 0 Å². The van der Waals surface area contributed by atoms with Gasteiger partial charge in [-0.1, -0.05) is 77.4 Å². The summed E-state index contributed by atoms with van der Waals surface area (Å²) in [4.78, 5) is 11.1. The number of unbranched alkanes of at least 4 members (excludes halogenated alkanes) is 11. The molecule has 124 valence electrons. The zero-order valence-corrected chi connectivity index (χ0v) is 14.7. The Morgan fingerprint density at radius 3 is 1.67 bits per heavy atom. The number of carbonyl (C=O) groups excluding carboxylic acids is 1. The monoisotopic (exact) mass is 294 g/mol. The Morgan fingerprint density at radius 2 is 1.14 bits per heavy atom. The predicted octanol–water partition coefficient (Wildman–Crippen LogP) is 7.00. The van der Waals surface area contributed by atoms with E-state index < -0.39 is 0 Å². The molecule has 0 aromatic carbocycles. The van der Waals surface area contributed by atoms with Crippen LogP contribution in [0.2, 0.25) is 0 Å². The minimum absolute atomic E-state index is 0.411. The normalized spacial score (nSPS) is 11.3. The van der Waals surface area contributed by atoms with Crippen LogP contribution >= 0.6 is 0 Å². The quantitative estimate of drug-likeness (QED) is 0.221. The summed E-state index contributed by atoms with van der Waals surface area (Å²) in [6.45, 7) is 4.23. The average Bonchev–Trinajstić information content (AvgIpc) is 2.50. The highest BCUT2D eigenvalue weighted by Gasteiger charge is 1.96. The van der Waals surface area contributed by atoms with Crippen molar-refractivity contribution < 1.29 is 4.79 Å². The van der Waals surface area contributed by atoms with E-state index in [0.717, 1.165) is 19.3 Å². The maximum Gasteiger partial charge on any atom is 0.132 e. The van der Waals surface area contributed by atoms with Crippen LogP contribution in [0.3, 0.4) is 0 Å². The SMILES string of the molecule is CCCCCCCCCCC/C=C/CCCCC(=O)CC. The number of carbonyl (C=O) groups is 1. The van der Waals surface area contributed by atoms with Crippen LogP contribution < -0.4 is 0 Å². The molecule has 1 nitrogen and oxygen atoms in total. The number of ketones is 1. The Bertz CT molecular complexity index is 242. The lowest BCUT2D eigenvalue weighted by Gasteiger charge is -2.00. The van der Waals surface area contributed by atoms with Gasteiger partial charge in [-0.25, -0.2) is 0 Å². The summed E-state index contributed by atoms with van der Waals surface area (Å²) in [6.07, 6.45) is 23.4. The number of allylic oxidation sites excluding steroid dienone is 2. The summed E-state index contributed by atoms with van der Waals surface area (Å²) in [5, 5.41) is 0. The summed E-state index contributed by atoms with van der Waals surface area (Å²) < 4.78 is 0. The molecular formula is C20H38O. The van der Waals surface area contributed by atoms with Gasteiger partial charge in [-0.3, -0.25) is 4.79 Å². The summed E-state index contributed by atoms with van der Waals surface area (Å²) >= 11 is 0. The first-order chi connectivity index (χ1) is 10.3. The molecule has 21 heavy (non-hydrogen) atoms. The van der Waals surface area contributed by atoms with Crippen LogP contribution in [0.5, 0.6) is 0 Å². The standard InChI is InChI=1S/C20H38O/c1-3-5-6-7-8-9-10-11-12-13-14-15-16-17-18-19-20(21)4-2/h14-15H,3-13,16-19H2,1-2H3/b15-14+. The van der Waals surface area contributed by atoms with Gasteiger partial charge in [0, 0.05) is 12.8 Å². The Kier molecular flexibility index (Phi) is 17.0. The van der Waals surface area contributed by atoms with E-state index in [1.807, 2.05) is 6.92 Å². The molecular weight excluding hydrogens is 256 g/mol. The molecule has 0 atom stereocenters. The van der Waals surface area contributed by atoms with Gasteiger partial charge < -0.3 is 0 Å². The van der Waals surface area contributed by atoms with Gasteiger partial charge in [0.1, 0.15) is 5.78 Å². The molecule has 0 aliphatic heterocycles. The molecule has 0 bridgehead atoms. The lowest BCUT2D eigenvalue weighted by Crippen LogP contribution is -1.93. The highest BCUT2D eigenvalue weighted by molar-refractivity contribution is 5.77. The third-order valence-corrected chi connectivity index (χ3v) is 4.11. The van der Waals surface area contributed by atoms with Gasteiger partial charge in [-0.15, -0.1) is 0 Å². The van der Waals surface area contributed by atoms with Crippen LogP contribution in [0, 0.1) is 0 Å². The van der Waals surface area contributed by atoms with Gasteiger partial charge in [-0.05, 0) is 32.1 Å². The second kappa shape index (κ2) is 17.5. The zero-order chi connectivity index (χ0) is 15.6. The first kappa shape index (κ1) is 20.4. The van der Waals surface area contributed by atoms with E-state index >= 15 is 0 Å². The lowest BCUT2D eigenvalue weighted by molar-refractivity contribution is -0.118. The maximum atomic E-state index is 11.1. The predicted molar refractivity (Wildman–Crippen MR) is 94.8 cm³/mol. The molecule has 0 radical (unpaired) electrons. The van der Waals surface area contributed by atoms with Crippen molar-refractivity contribution in [3.05, 3.63) is 12.2 Å². The molecule has 0 aliphatic rings. The molecule has 0 amide bonds. The molecule has 0 aromatic heterocycles. The molecule has 0 saturated heterocycles. The van der Waals surface area contributed by atoms with Crippen molar-refractivity contribution in [3.63, 3.8) is 0 Å². The Morgan fingerprint density at radius 1 is 0.667 bits per heavy atom. The summed E-state index contributed by atoms with van der Waals surface area (Å²) in [5.74, 6) is 0.411. The second-order valence-corrected chi connectivity index (χ2v) is 6.23. The van der Waals surface area contributed by atoms with E-state index in [-0.39, 0.29) is 0 Å². The smallest absolute Gasteiger partial charge is 0.132 e. The summed E-state index contributed by atoms with van der Waals surface area (Å²) in [5.41, 5.74) is 0. The van der Waals surface area contributed by atoms with Crippen LogP contribution in [0.15, 0.2) is 12.2 Å². The first-order valence-electron chi connectivity index (χ1n) is 9.48. The fourth-order valence-electron chi connectivity index (χ4n) is 2.57. The maximum absolute atomic E-state index is 11.1. The van der Waals surface area contributed by atoms with Crippen LogP contribution in [0.25, 0.3) is 0 Å². The van der Waals surface area contributed by atoms with E-state index in [1.54, 1.807) is 0 Å². The van der Waals surface area contributed by atoms with Crippen molar-refractivity contribution in [1.82, 2.24) is 0 Å². The first-order valence-corrected chi connectivity index (χ1v) is 9.48. The van der Waals surface area contributed by atoms with Gasteiger partial charge in [0.2, 0.25) is 0 Å². The lowest BCUT2D eigenvalue weighted by atomic mass is 10.1.